The number of carbonyl (C=O) groups excluding carboxylic acids is 1. The summed E-state index contributed by atoms with van der Waals surface area (Å²) < 4.78 is 0. The fourth-order valence-corrected chi connectivity index (χ4v) is 1.52. The molecule has 0 fully saturated rings. The summed E-state index contributed by atoms with van der Waals surface area (Å²) in [7, 11) is 0. The minimum atomic E-state index is -0.640. The lowest BCUT2D eigenvalue weighted by molar-refractivity contribution is -0.385. The Bertz CT molecular complexity index is 731. The average Bonchev–Trinajstić information content (AvgIpc) is 2.54. The summed E-state index contributed by atoms with van der Waals surface area (Å²) in [5.41, 5.74) is 4.81. The van der Waals surface area contributed by atoms with Crippen LogP contribution in [-0.2, 0) is 0 Å². The van der Waals surface area contributed by atoms with E-state index >= 15 is 0 Å². The Kier molecular flexibility index (Phi) is 4.62. The molecule has 11 nitrogen and oxygen atoms in total. The van der Waals surface area contributed by atoms with Gasteiger partial charge in [0.25, 0.3) is 11.4 Å². The highest BCUT2D eigenvalue weighted by Crippen LogP contribution is 2.15. The van der Waals surface area contributed by atoms with Crippen molar-refractivity contribution >= 4 is 28.9 Å². The van der Waals surface area contributed by atoms with Gasteiger partial charge in [-0.15, -0.1) is 0 Å². The van der Waals surface area contributed by atoms with Crippen LogP contribution in [0.25, 0.3) is 0 Å². The highest BCUT2D eigenvalue weighted by Gasteiger charge is 2.07. The number of carbonyl (C=O) groups is 1. The van der Waals surface area contributed by atoms with Gasteiger partial charge in [-0.25, -0.2) is 9.78 Å². The van der Waals surface area contributed by atoms with Gasteiger partial charge in [0.15, 0.2) is 0 Å². The molecule has 0 unspecified atom stereocenters. The molecule has 118 valence electrons. The Balaban J connectivity index is 1.87. The molecule has 1 heterocycles. The monoisotopic (exact) mass is 318 g/mol. The molecule has 1 aromatic heterocycles. The number of amides is 2. The number of nitro benzene ring substituents is 1. The molecule has 2 rings (SSSR count). The van der Waals surface area contributed by atoms with Gasteiger partial charge >= 0.3 is 6.03 Å². The van der Waals surface area contributed by atoms with E-state index < -0.39 is 15.9 Å². The summed E-state index contributed by atoms with van der Waals surface area (Å²) in [5, 5.41) is 23.4. The van der Waals surface area contributed by atoms with E-state index in [0.717, 1.165) is 6.20 Å². The van der Waals surface area contributed by atoms with Crippen LogP contribution >= 0.6 is 0 Å². The molecular weight excluding hydrogens is 308 g/mol. The number of rotatable bonds is 5. The quantitative estimate of drug-likeness (QED) is 0.563. The number of nitro groups is 2. The lowest BCUT2D eigenvalue weighted by Gasteiger charge is -2.09. The molecule has 0 aliphatic rings. The number of aromatic nitrogens is 1. The standard InChI is InChI=1S/C12H10N6O5/c19-12(14-8-1-3-9(4-2-8)17(20)21)16-15-11-6-5-10(7-13-11)18(22)23/h1-7H,(H,13,15)(H2,14,16,19). The van der Waals surface area contributed by atoms with Gasteiger partial charge in [0.1, 0.15) is 12.0 Å². The molecule has 23 heavy (non-hydrogen) atoms. The number of nitrogens with zero attached hydrogens (tertiary/aromatic N) is 3. The normalized spacial score (nSPS) is 9.74. The van der Waals surface area contributed by atoms with Crippen molar-refractivity contribution in [2.45, 2.75) is 0 Å². The molecule has 1 aromatic carbocycles. The van der Waals surface area contributed by atoms with Crippen LogP contribution in [0.1, 0.15) is 0 Å². The zero-order valence-corrected chi connectivity index (χ0v) is 11.4. The third kappa shape index (κ3) is 4.35. The summed E-state index contributed by atoms with van der Waals surface area (Å²) in [6.07, 6.45) is 1.04. The van der Waals surface area contributed by atoms with Crippen molar-refractivity contribution in [1.82, 2.24) is 10.4 Å². The van der Waals surface area contributed by atoms with Crippen molar-refractivity contribution in [3.8, 4) is 0 Å². The second-order valence-electron chi connectivity index (χ2n) is 4.17. The van der Waals surface area contributed by atoms with Crippen molar-refractivity contribution in [2.75, 3.05) is 10.7 Å². The first-order valence-electron chi connectivity index (χ1n) is 6.13. The number of benzene rings is 1. The second-order valence-corrected chi connectivity index (χ2v) is 4.17. The van der Waals surface area contributed by atoms with Gasteiger partial charge in [-0.1, -0.05) is 0 Å². The molecule has 2 aromatic rings. The average molecular weight is 318 g/mol. The van der Waals surface area contributed by atoms with Gasteiger partial charge in [0.05, 0.1) is 9.85 Å². The number of hydrogen-bond donors (Lipinski definition) is 3. The van der Waals surface area contributed by atoms with Gasteiger partial charge in [0, 0.05) is 23.9 Å². The van der Waals surface area contributed by atoms with E-state index in [-0.39, 0.29) is 17.2 Å². The molecule has 0 saturated heterocycles. The maximum Gasteiger partial charge on any atom is 0.337 e. The zero-order chi connectivity index (χ0) is 16.8. The Hall–Kier alpha value is -3.76. The number of hydrogen-bond acceptors (Lipinski definition) is 7. The molecule has 0 radical (unpaired) electrons. The van der Waals surface area contributed by atoms with Crippen molar-refractivity contribution in [3.63, 3.8) is 0 Å². The first-order chi connectivity index (χ1) is 11.0. The predicted octanol–water partition coefficient (Wildman–Crippen LogP) is 2.05. The fourth-order valence-electron chi connectivity index (χ4n) is 1.52. The smallest absolute Gasteiger partial charge is 0.307 e. The topological polar surface area (TPSA) is 152 Å². The van der Waals surface area contributed by atoms with Crippen molar-refractivity contribution < 1.29 is 14.6 Å². The summed E-state index contributed by atoms with van der Waals surface area (Å²) in [4.78, 5) is 35.2. The molecular formula is C12H10N6O5. The lowest BCUT2D eigenvalue weighted by atomic mass is 10.3. The van der Waals surface area contributed by atoms with E-state index in [1.165, 1.54) is 36.4 Å². The molecule has 0 spiro atoms. The highest BCUT2D eigenvalue weighted by molar-refractivity contribution is 5.89. The third-order valence-electron chi connectivity index (χ3n) is 2.60. The number of anilines is 2. The maximum atomic E-state index is 11.6. The number of pyridine rings is 1. The van der Waals surface area contributed by atoms with E-state index in [4.69, 9.17) is 0 Å². The molecule has 11 heteroatoms. The van der Waals surface area contributed by atoms with E-state index in [2.05, 4.69) is 21.2 Å². The highest BCUT2D eigenvalue weighted by atomic mass is 16.6. The summed E-state index contributed by atoms with van der Waals surface area (Å²) >= 11 is 0. The van der Waals surface area contributed by atoms with Crippen LogP contribution in [0.5, 0.6) is 0 Å². The lowest BCUT2D eigenvalue weighted by Crippen LogP contribution is -2.33. The zero-order valence-electron chi connectivity index (χ0n) is 11.4. The van der Waals surface area contributed by atoms with Crippen LogP contribution in [0.3, 0.4) is 0 Å². The van der Waals surface area contributed by atoms with E-state index in [1.807, 2.05) is 0 Å². The van der Waals surface area contributed by atoms with Crippen LogP contribution in [0.2, 0.25) is 0 Å². The summed E-state index contributed by atoms with van der Waals surface area (Å²) in [6.45, 7) is 0. The SMILES string of the molecule is O=C(NNc1ccc([N+](=O)[O-])cn1)Nc1ccc([N+](=O)[O-])cc1. The summed E-state index contributed by atoms with van der Waals surface area (Å²) in [6, 6.07) is 7.17. The maximum absolute atomic E-state index is 11.6. The first kappa shape index (κ1) is 15.6. The molecule has 3 N–H and O–H groups in total. The molecule has 0 aliphatic carbocycles. The van der Waals surface area contributed by atoms with Crippen LogP contribution in [0.4, 0.5) is 27.7 Å². The second kappa shape index (κ2) is 6.80. The molecule has 2 amide bonds. The summed E-state index contributed by atoms with van der Waals surface area (Å²) in [5.74, 6) is 0.203. The number of urea groups is 1. The van der Waals surface area contributed by atoms with Crippen molar-refractivity contribution in [1.29, 1.82) is 0 Å². The van der Waals surface area contributed by atoms with E-state index in [9.17, 15) is 25.0 Å². The predicted molar refractivity (Wildman–Crippen MR) is 79.8 cm³/mol. The Morgan fingerprint density at radius 1 is 0.957 bits per heavy atom. The number of nitrogens with one attached hydrogen (secondary N) is 3. The molecule has 0 saturated carbocycles. The van der Waals surface area contributed by atoms with E-state index in [0.29, 0.717) is 5.69 Å². The Labute approximate surface area is 128 Å². The van der Waals surface area contributed by atoms with Crippen LogP contribution in [0.15, 0.2) is 42.6 Å². The molecule has 0 atom stereocenters. The van der Waals surface area contributed by atoms with Crippen LogP contribution < -0.4 is 16.2 Å². The Morgan fingerprint density at radius 3 is 2.09 bits per heavy atom. The number of non-ortho nitro benzene ring substituents is 1. The Morgan fingerprint density at radius 2 is 1.57 bits per heavy atom. The largest absolute Gasteiger partial charge is 0.337 e. The minimum Gasteiger partial charge on any atom is -0.307 e. The molecule has 0 aliphatic heterocycles. The van der Waals surface area contributed by atoms with Gasteiger partial charge in [0.2, 0.25) is 0 Å². The van der Waals surface area contributed by atoms with Gasteiger partial charge in [-0.3, -0.25) is 31.1 Å². The van der Waals surface area contributed by atoms with E-state index in [1.54, 1.807) is 0 Å². The van der Waals surface area contributed by atoms with Crippen molar-refractivity contribution in [2.24, 2.45) is 0 Å². The first-order valence-corrected chi connectivity index (χ1v) is 6.13. The number of hydrazine groups is 1. The van der Waals surface area contributed by atoms with Gasteiger partial charge < -0.3 is 5.32 Å². The molecule has 0 bridgehead atoms. The van der Waals surface area contributed by atoms with Crippen molar-refractivity contribution in [3.05, 3.63) is 62.8 Å². The minimum absolute atomic E-state index is 0.0934. The third-order valence-corrected chi connectivity index (χ3v) is 2.60. The van der Waals surface area contributed by atoms with Crippen LogP contribution in [-0.4, -0.2) is 20.9 Å². The fraction of sp³-hybridized carbons (Fsp3) is 0. The van der Waals surface area contributed by atoms with Crippen LogP contribution in [0, 0.1) is 20.2 Å². The van der Waals surface area contributed by atoms with Gasteiger partial charge in [-0.05, 0) is 18.2 Å². The van der Waals surface area contributed by atoms with Gasteiger partial charge in [-0.2, -0.15) is 0 Å².